The third-order valence-electron chi connectivity index (χ3n) is 4.73. The molecule has 2 atom stereocenters. The highest BCUT2D eigenvalue weighted by Crippen LogP contribution is 2.54. The van der Waals surface area contributed by atoms with Gasteiger partial charge in [-0.25, -0.2) is 0 Å². The zero-order valence-electron chi connectivity index (χ0n) is 10.3. The third-order valence-corrected chi connectivity index (χ3v) is 4.73. The maximum absolute atomic E-state index is 12.3. The summed E-state index contributed by atoms with van der Waals surface area (Å²) in [7, 11) is 0. The summed E-state index contributed by atoms with van der Waals surface area (Å²) in [6.45, 7) is 2.83. The van der Waals surface area contributed by atoms with Crippen LogP contribution in [0.4, 0.5) is 0 Å². The minimum Gasteiger partial charge on any atom is -0.490 e. The van der Waals surface area contributed by atoms with Crippen molar-refractivity contribution in [3.8, 4) is 0 Å². The molecule has 17 heavy (non-hydrogen) atoms. The number of carbonyl (C=O) groups is 2. The van der Waals surface area contributed by atoms with Crippen molar-refractivity contribution < 1.29 is 14.3 Å². The molecule has 1 heterocycles. The number of fused-ring (bicyclic) bond motifs is 2. The molecule has 0 aromatic carbocycles. The molecular weight excluding hydrogens is 216 g/mol. The first-order valence-electron chi connectivity index (χ1n) is 6.55. The van der Waals surface area contributed by atoms with E-state index in [1.807, 2.05) is 0 Å². The number of allylic oxidation sites excluding steroid dienone is 2. The molecule has 3 nitrogen and oxygen atoms in total. The summed E-state index contributed by atoms with van der Waals surface area (Å²) in [6, 6.07) is 0. The van der Waals surface area contributed by atoms with E-state index in [1.165, 1.54) is 5.57 Å². The van der Waals surface area contributed by atoms with Crippen LogP contribution >= 0.6 is 0 Å². The molecule has 2 unspecified atom stereocenters. The Labute approximate surface area is 101 Å². The van der Waals surface area contributed by atoms with E-state index in [1.54, 1.807) is 0 Å². The van der Waals surface area contributed by atoms with Crippen LogP contribution < -0.4 is 0 Å². The summed E-state index contributed by atoms with van der Waals surface area (Å²) in [5.41, 5.74) is 1.10. The van der Waals surface area contributed by atoms with Gasteiger partial charge in [0.25, 0.3) is 0 Å². The first-order valence-corrected chi connectivity index (χ1v) is 6.55. The Bertz CT molecular complexity index is 421. The molecule has 0 N–H and O–H groups in total. The number of carbonyl (C=O) groups excluding carboxylic acids is 2. The van der Waals surface area contributed by atoms with E-state index < -0.39 is 0 Å². The molecule has 3 aliphatic rings. The van der Waals surface area contributed by atoms with Gasteiger partial charge in [0.2, 0.25) is 5.78 Å². The van der Waals surface area contributed by atoms with Gasteiger partial charge >= 0.3 is 0 Å². The molecule has 1 aliphatic heterocycles. The van der Waals surface area contributed by atoms with Crippen molar-refractivity contribution in [3.05, 3.63) is 11.3 Å². The first-order chi connectivity index (χ1) is 8.13. The van der Waals surface area contributed by atoms with Crippen LogP contribution in [0.1, 0.15) is 45.4 Å². The van der Waals surface area contributed by atoms with E-state index in [-0.39, 0.29) is 17.1 Å². The monoisotopic (exact) mass is 234 g/mol. The fraction of sp³-hybridized carbons (Fsp3) is 0.714. The number of rotatable bonds is 0. The smallest absolute Gasteiger partial charge is 0.201 e. The Hall–Kier alpha value is -1.12. The second-order valence-electron chi connectivity index (χ2n) is 5.67. The summed E-state index contributed by atoms with van der Waals surface area (Å²) in [4.78, 5) is 23.9. The minimum absolute atomic E-state index is 0.00273. The highest BCUT2D eigenvalue weighted by Gasteiger charge is 2.52. The summed E-state index contributed by atoms with van der Waals surface area (Å²) in [6.07, 6.45) is 4.70. The highest BCUT2D eigenvalue weighted by molar-refractivity contribution is 6.01. The number of ketones is 2. The van der Waals surface area contributed by atoms with Crippen LogP contribution in [0.25, 0.3) is 0 Å². The zero-order chi connectivity index (χ0) is 12.0. The Morgan fingerprint density at radius 1 is 1.24 bits per heavy atom. The van der Waals surface area contributed by atoms with Crippen LogP contribution in [0.15, 0.2) is 11.3 Å². The Morgan fingerprint density at radius 3 is 2.88 bits per heavy atom. The lowest BCUT2D eigenvalue weighted by atomic mass is 9.71. The Morgan fingerprint density at radius 2 is 2.06 bits per heavy atom. The second-order valence-corrected chi connectivity index (χ2v) is 5.67. The fourth-order valence-electron chi connectivity index (χ4n) is 3.65. The molecule has 0 saturated heterocycles. The molecule has 0 aromatic rings. The zero-order valence-corrected chi connectivity index (χ0v) is 10.3. The minimum atomic E-state index is -0.0982. The summed E-state index contributed by atoms with van der Waals surface area (Å²) >= 11 is 0. The fourth-order valence-corrected chi connectivity index (χ4v) is 3.65. The lowest BCUT2D eigenvalue weighted by Crippen LogP contribution is -2.27. The van der Waals surface area contributed by atoms with E-state index >= 15 is 0 Å². The molecule has 0 bridgehead atoms. The number of hydrogen-bond donors (Lipinski definition) is 0. The maximum Gasteiger partial charge on any atom is 0.201 e. The van der Waals surface area contributed by atoms with E-state index in [0.29, 0.717) is 37.4 Å². The van der Waals surface area contributed by atoms with E-state index in [4.69, 9.17) is 4.74 Å². The maximum atomic E-state index is 12.3. The van der Waals surface area contributed by atoms with Gasteiger partial charge < -0.3 is 4.74 Å². The van der Waals surface area contributed by atoms with Gasteiger partial charge in [-0.15, -0.1) is 0 Å². The van der Waals surface area contributed by atoms with E-state index in [9.17, 15) is 9.59 Å². The van der Waals surface area contributed by atoms with Crippen LogP contribution in [-0.2, 0) is 14.3 Å². The molecule has 0 spiro atoms. The standard InChI is InChI=1S/C14H18O3/c1-14-7-6-9(15)4-5-10(14)12(16)13-11(14)3-2-8-17-13/h10H,2-8H2,1H3. The first kappa shape index (κ1) is 11.0. The van der Waals surface area contributed by atoms with Crippen LogP contribution in [0.3, 0.4) is 0 Å². The number of hydrogen-bond acceptors (Lipinski definition) is 3. The van der Waals surface area contributed by atoms with Gasteiger partial charge in [-0.1, -0.05) is 6.92 Å². The lowest BCUT2D eigenvalue weighted by molar-refractivity contribution is -0.123. The van der Waals surface area contributed by atoms with Crippen molar-refractivity contribution >= 4 is 11.6 Å². The SMILES string of the molecule is CC12CCC(=O)CCC1C(=O)C1=C2CCCO1. The molecule has 0 aromatic heterocycles. The van der Waals surface area contributed by atoms with Gasteiger partial charge in [0, 0.05) is 24.2 Å². The quantitative estimate of drug-likeness (QED) is 0.646. The van der Waals surface area contributed by atoms with Gasteiger partial charge in [-0.2, -0.15) is 0 Å². The van der Waals surface area contributed by atoms with Crippen molar-refractivity contribution in [1.82, 2.24) is 0 Å². The van der Waals surface area contributed by atoms with Gasteiger partial charge in [-0.3, -0.25) is 9.59 Å². The number of ether oxygens (including phenoxy) is 1. The largest absolute Gasteiger partial charge is 0.490 e. The highest BCUT2D eigenvalue weighted by atomic mass is 16.5. The van der Waals surface area contributed by atoms with Gasteiger partial charge in [0.15, 0.2) is 5.76 Å². The lowest BCUT2D eigenvalue weighted by Gasteiger charge is -2.32. The summed E-state index contributed by atoms with van der Waals surface area (Å²) in [5, 5.41) is 0. The van der Waals surface area contributed by atoms with Crippen molar-refractivity contribution in [2.75, 3.05) is 6.61 Å². The molecule has 3 heteroatoms. The van der Waals surface area contributed by atoms with Crippen molar-refractivity contribution in [1.29, 1.82) is 0 Å². The Kier molecular flexibility index (Phi) is 2.39. The van der Waals surface area contributed by atoms with E-state index in [2.05, 4.69) is 6.92 Å². The van der Waals surface area contributed by atoms with Gasteiger partial charge in [-0.05, 0) is 31.3 Å². The van der Waals surface area contributed by atoms with Crippen LogP contribution in [0.2, 0.25) is 0 Å². The van der Waals surface area contributed by atoms with Crippen molar-refractivity contribution in [2.45, 2.75) is 45.4 Å². The molecule has 2 aliphatic carbocycles. The van der Waals surface area contributed by atoms with E-state index in [0.717, 1.165) is 19.3 Å². The summed E-state index contributed by atoms with van der Waals surface area (Å²) < 4.78 is 5.58. The van der Waals surface area contributed by atoms with Crippen LogP contribution in [0, 0.1) is 11.3 Å². The van der Waals surface area contributed by atoms with Crippen molar-refractivity contribution in [3.63, 3.8) is 0 Å². The molecule has 0 amide bonds. The van der Waals surface area contributed by atoms with Crippen molar-refractivity contribution in [2.24, 2.45) is 11.3 Å². The van der Waals surface area contributed by atoms with Crippen LogP contribution in [-0.4, -0.2) is 18.2 Å². The van der Waals surface area contributed by atoms with Gasteiger partial charge in [0.1, 0.15) is 5.78 Å². The average Bonchev–Trinajstić information content (AvgIpc) is 2.46. The Balaban J connectivity index is 2.02. The normalized spacial score (nSPS) is 37.4. The molecule has 3 rings (SSSR count). The van der Waals surface area contributed by atoms with Crippen LogP contribution in [0.5, 0.6) is 0 Å². The molecule has 1 saturated carbocycles. The third kappa shape index (κ3) is 1.48. The predicted octanol–water partition coefficient (Wildman–Crippen LogP) is 2.40. The molecule has 0 radical (unpaired) electrons. The van der Waals surface area contributed by atoms with Gasteiger partial charge in [0.05, 0.1) is 6.61 Å². The molecular formula is C14H18O3. The molecule has 1 fully saturated rings. The average molecular weight is 234 g/mol. The summed E-state index contributed by atoms with van der Waals surface area (Å²) in [5.74, 6) is 1.12. The second kappa shape index (κ2) is 3.69. The number of Topliss-reactive ketones (excluding diaryl/α,β-unsaturated/α-hetero) is 2. The predicted molar refractivity (Wildman–Crippen MR) is 62.3 cm³/mol. The molecule has 92 valence electrons. The topological polar surface area (TPSA) is 43.4 Å².